The Labute approximate surface area is 102 Å². The zero-order valence-corrected chi connectivity index (χ0v) is 9.93. The molecule has 3 heteroatoms. The molecule has 0 unspecified atom stereocenters. The van der Waals surface area contributed by atoms with Crippen molar-refractivity contribution < 1.29 is 4.79 Å². The van der Waals surface area contributed by atoms with Gasteiger partial charge in [0.1, 0.15) is 0 Å². The molecule has 2 saturated carbocycles. The highest BCUT2D eigenvalue weighted by Crippen LogP contribution is 2.37. The third-order valence-electron chi connectivity index (χ3n) is 3.59. The van der Waals surface area contributed by atoms with Crippen LogP contribution in [0.3, 0.4) is 0 Å². The number of carbonyl (C=O) groups is 1. The lowest BCUT2D eigenvalue weighted by molar-refractivity contribution is -0.133. The summed E-state index contributed by atoms with van der Waals surface area (Å²) in [5.41, 5.74) is 7.81. The molecule has 0 aliphatic heterocycles. The van der Waals surface area contributed by atoms with Crippen LogP contribution in [0.1, 0.15) is 31.2 Å². The van der Waals surface area contributed by atoms with Gasteiger partial charge < -0.3 is 10.6 Å². The second-order valence-corrected chi connectivity index (χ2v) is 5.17. The van der Waals surface area contributed by atoms with E-state index in [9.17, 15) is 4.79 Å². The molecule has 90 valence electrons. The minimum atomic E-state index is 0.306. The zero-order valence-electron chi connectivity index (χ0n) is 9.93. The second kappa shape index (κ2) is 4.06. The summed E-state index contributed by atoms with van der Waals surface area (Å²) in [6.45, 7) is 0.687. The first kappa shape index (κ1) is 10.6. The van der Waals surface area contributed by atoms with Gasteiger partial charge in [-0.3, -0.25) is 4.79 Å². The fraction of sp³-hybridized carbons (Fsp3) is 0.500. The molecule has 2 aliphatic carbocycles. The van der Waals surface area contributed by atoms with Crippen LogP contribution in [0.15, 0.2) is 24.3 Å². The number of para-hydroxylation sites is 1. The summed E-state index contributed by atoms with van der Waals surface area (Å²) in [5.74, 6) is 0.649. The Morgan fingerprint density at radius 1 is 1.24 bits per heavy atom. The summed E-state index contributed by atoms with van der Waals surface area (Å²) in [4.78, 5) is 14.2. The molecule has 1 aromatic carbocycles. The predicted octanol–water partition coefficient (Wildman–Crippen LogP) is 2.17. The van der Waals surface area contributed by atoms with Gasteiger partial charge in [-0.25, -0.2) is 0 Å². The van der Waals surface area contributed by atoms with Crippen molar-refractivity contribution in [1.82, 2.24) is 4.90 Å². The van der Waals surface area contributed by atoms with Crippen molar-refractivity contribution in [2.45, 2.75) is 38.3 Å². The lowest BCUT2D eigenvalue weighted by Crippen LogP contribution is -2.33. The van der Waals surface area contributed by atoms with Crippen molar-refractivity contribution in [3.05, 3.63) is 29.8 Å². The molecule has 2 N–H and O–H groups in total. The highest BCUT2D eigenvalue weighted by molar-refractivity contribution is 5.81. The quantitative estimate of drug-likeness (QED) is 0.806. The Kier molecular flexibility index (Phi) is 2.54. The number of anilines is 1. The van der Waals surface area contributed by atoms with Crippen LogP contribution in [0, 0.1) is 5.92 Å². The van der Waals surface area contributed by atoms with Crippen LogP contribution < -0.4 is 5.73 Å². The zero-order chi connectivity index (χ0) is 11.8. The third-order valence-corrected chi connectivity index (χ3v) is 3.59. The van der Waals surface area contributed by atoms with Gasteiger partial charge in [-0.05, 0) is 37.3 Å². The molecule has 2 fully saturated rings. The Hall–Kier alpha value is -1.51. The summed E-state index contributed by atoms with van der Waals surface area (Å²) < 4.78 is 0. The monoisotopic (exact) mass is 230 g/mol. The summed E-state index contributed by atoms with van der Waals surface area (Å²) >= 11 is 0. The maximum Gasteiger partial charge on any atom is 0.226 e. The first-order valence-corrected chi connectivity index (χ1v) is 6.39. The fourth-order valence-corrected chi connectivity index (χ4v) is 2.20. The molecule has 0 spiro atoms. The van der Waals surface area contributed by atoms with E-state index in [0.717, 1.165) is 36.9 Å². The summed E-state index contributed by atoms with van der Waals surface area (Å²) in [7, 11) is 0. The molecule has 1 amide bonds. The Bertz CT molecular complexity index is 436. The van der Waals surface area contributed by atoms with Crippen LogP contribution >= 0.6 is 0 Å². The van der Waals surface area contributed by atoms with Crippen molar-refractivity contribution in [2.24, 2.45) is 5.92 Å². The maximum atomic E-state index is 12.2. The van der Waals surface area contributed by atoms with Crippen LogP contribution in [-0.2, 0) is 11.3 Å². The number of benzene rings is 1. The smallest absolute Gasteiger partial charge is 0.226 e. The number of nitrogens with two attached hydrogens (primary N) is 1. The molecule has 17 heavy (non-hydrogen) atoms. The molecule has 3 nitrogen and oxygen atoms in total. The minimum Gasteiger partial charge on any atom is -0.398 e. The Balaban J connectivity index is 1.76. The van der Waals surface area contributed by atoms with E-state index < -0.39 is 0 Å². The second-order valence-electron chi connectivity index (χ2n) is 5.17. The molecule has 3 rings (SSSR count). The Morgan fingerprint density at radius 2 is 1.94 bits per heavy atom. The molecule has 2 aliphatic rings. The summed E-state index contributed by atoms with van der Waals surface area (Å²) in [6.07, 6.45) is 4.47. The predicted molar refractivity (Wildman–Crippen MR) is 67.2 cm³/mol. The van der Waals surface area contributed by atoms with Crippen LogP contribution in [-0.4, -0.2) is 16.8 Å². The third kappa shape index (κ3) is 2.28. The van der Waals surface area contributed by atoms with Gasteiger partial charge in [-0.15, -0.1) is 0 Å². The number of carbonyl (C=O) groups excluding carboxylic acids is 1. The summed E-state index contributed by atoms with van der Waals surface area (Å²) in [6, 6.07) is 8.32. The highest BCUT2D eigenvalue weighted by atomic mass is 16.2. The molecule has 0 radical (unpaired) electrons. The molecule has 0 aromatic heterocycles. The topological polar surface area (TPSA) is 46.3 Å². The average molecular weight is 230 g/mol. The fourth-order valence-electron chi connectivity index (χ4n) is 2.20. The van der Waals surface area contributed by atoms with E-state index in [1.165, 1.54) is 0 Å². The van der Waals surface area contributed by atoms with Crippen LogP contribution in [0.5, 0.6) is 0 Å². The normalized spacial score (nSPS) is 19.1. The average Bonchev–Trinajstić information content (AvgIpc) is 3.18. The van der Waals surface area contributed by atoms with E-state index in [1.807, 2.05) is 29.2 Å². The molecule has 0 atom stereocenters. The van der Waals surface area contributed by atoms with E-state index in [0.29, 0.717) is 24.4 Å². The van der Waals surface area contributed by atoms with E-state index >= 15 is 0 Å². The van der Waals surface area contributed by atoms with E-state index in [2.05, 4.69) is 0 Å². The largest absolute Gasteiger partial charge is 0.398 e. The van der Waals surface area contributed by atoms with Crippen molar-refractivity contribution in [3.8, 4) is 0 Å². The molecule has 1 aromatic rings. The summed E-state index contributed by atoms with van der Waals surface area (Å²) in [5, 5.41) is 0. The number of hydrogen-bond acceptors (Lipinski definition) is 2. The van der Waals surface area contributed by atoms with Crippen molar-refractivity contribution in [1.29, 1.82) is 0 Å². The van der Waals surface area contributed by atoms with Gasteiger partial charge in [-0.1, -0.05) is 18.2 Å². The van der Waals surface area contributed by atoms with Gasteiger partial charge in [0.25, 0.3) is 0 Å². The molecular formula is C14H18N2O. The number of hydrogen-bond donors (Lipinski definition) is 1. The van der Waals surface area contributed by atoms with Gasteiger partial charge in [0.2, 0.25) is 5.91 Å². The number of rotatable bonds is 4. The molecule has 0 bridgehead atoms. The highest BCUT2D eigenvalue weighted by Gasteiger charge is 2.39. The first-order valence-electron chi connectivity index (χ1n) is 6.39. The lowest BCUT2D eigenvalue weighted by atomic mass is 10.1. The Morgan fingerprint density at radius 3 is 2.53 bits per heavy atom. The molecular weight excluding hydrogens is 212 g/mol. The van der Waals surface area contributed by atoms with Crippen LogP contribution in [0.25, 0.3) is 0 Å². The molecule has 0 saturated heterocycles. The van der Waals surface area contributed by atoms with Gasteiger partial charge in [-0.2, -0.15) is 0 Å². The SMILES string of the molecule is Nc1ccccc1CN(C(=O)C1CC1)C1CC1. The van der Waals surface area contributed by atoms with Gasteiger partial charge in [0.05, 0.1) is 0 Å². The minimum absolute atomic E-state index is 0.306. The number of nitrogen functional groups attached to an aromatic ring is 1. The number of nitrogens with zero attached hydrogens (tertiary/aromatic N) is 1. The van der Waals surface area contributed by atoms with E-state index in [-0.39, 0.29) is 0 Å². The standard InChI is InChI=1S/C14H18N2O/c15-13-4-2-1-3-11(13)9-16(12-7-8-12)14(17)10-5-6-10/h1-4,10,12H,5-9,15H2. The maximum absolute atomic E-state index is 12.2. The first-order chi connectivity index (χ1) is 8.25. The van der Waals surface area contributed by atoms with E-state index in [1.54, 1.807) is 0 Å². The molecule has 0 heterocycles. The number of amides is 1. The lowest BCUT2D eigenvalue weighted by Gasteiger charge is -2.23. The van der Waals surface area contributed by atoms with Crippen molar-refractivity contribution in [2.75, 3.05) is 5.73 Å². The van der Waals surface area contributed by atoms with Crippen molar-refractivity contribution >= 4 is 11.6 Å². The van der Waals surface area contributed by atoms with Gasteiger partial charge in [0, 0.05) is 24.2 Å². The van der Waals surface area contributed by atoms with Crippen molar-refractivity contribution in [3.63, 3.8) is 0 Å². The van der Waals surface area contributed by atoms with Gasteiger partial charge in [0.15, 0.2) is 0 Å². The van der Waals surface area contributed by atoms with Gasteiger partial charge >= 0.3 is 0 Å². The van der Waals surface area contributed by atoms with Crippen LogP contribution in [0.4, 0.5) is 5.69 Å². The van der Waals surface area contributed by atoms with Crippen LogP contribution in [0.2, 0.25) is 0 Å². The van der Waals surface area contributed by atoms with E-state index in [4.69, 9.17) is 5.73 Å².